The topological polar surface area (TPSA) is 67.3 Å². The van der Waals surface area contributed by atoms with E-state index in [0.29, 0.717) is 4.57 Å². The fourth-order valence-corrected chi connectivity index (χ4v) is 3.01. The third kappa shape index (κ3) is 4.29. The average molecular weight is 393 g/mol. The first-order valence-electron chi connectivity index (χ1n) is 8.14. The number of amides is 1. The van der Waals surface area contributed by atoms with Crippen molar-refractivity contribution in [2.24, 2.45) is 0 Å². The van der Waals surface area contributed by atoms with Crippen LogP contribution in [0.5, 0.6) is 0 Å². The molecular formula is C16H16F5N3O3. The van der Waals surface area contributed by atoms with Crippen LogP contribution in [0.4, 0.5) is 22.0 Å². The number of ether oxygens (including phenoxy) is 1. The van der Waals surface area contributed by atoms with Gasteiger partial charge in [0.2, 0.25) is 0 Å². The Morgan fingerprint density at radius 3 is 2.70 bits per heavy atom. The van der Waals surface area contributed by atoms with Crippen molar-refractivity contribution in [2.45, 2.75) is 31.7 Å². The number of carbonyl (C=O) groups excluding carboxylic acids is 1. The van der Waals surface area contributed by atoms with Crippen LogP contribution in [0.25, 0.3) is 11.0 Å². The summed E-state index contributed by atoms with van der Waals surface area (Å²) >= 11 is 0. The van der Waals surface area contributed by atoms with E-state index in [-0.39, 0.29) is 42.7 Å². The summed E-state index contributed by atoms with van der Waals surface area (Å²) in [4.78, 5) is 28.0. The van der Waals surface area contributed by atoms with Gasteiger partial charge in [0, 0.05) is 18.7 Å². The lowest BCUT2D eigenvalue weighted by molar-refractivity contribution is -0.140. The molecule has 1 aliphatic rings. The van der Waals surface area contributed by atoms with Crippen LogP contribution in [-0.4, -0.2) is 58.8 Å². The number of fused-ring (bicyclic) bond motifs is 1. The molecule has 2 heterocycles. The summed E-state index contributed by atoms with van der Waals surface area (Å²) in [5, 5.41) is 0. The van der Waals surface area contributed by atoms with Crippen molar-refractivity contribution in [3.05, 3.63) is 34.2 Å². The fourth-order valence-electron chi connectivity index (χ4n) is 3.01. The number of hydrogen-bond acceptors (Lipinski definition) is 3. The number of carbonyl (C=O) groups is 1. The summed E-state index contributed by atoms with van der Waals surface area (Å²) in [5.41, 5.74) is -0.689. The molecule has 0 aliphatic carbocycles. The van der Waals surface area contributed by atoms with Crippen molar-refractivity contribution in [3.63, 3.8) is 0 Å². The minimum absolute atomic E-state index is 0.0193. The minimum atomic E-state index is -4.57. The van der Waals surface area contributed by atoms with Crippen LogP contribution in [-0.2, 0) is 11.3 Å². The van der Waals surface area contributed by atoms with Gasteiger partial charge in [-0.3, -0.25) is 9.36 Å². The Bertz CT molecular complexity index is 890. The number of alkyl halides is 5. The molecule has 1 fully saturated rings. The van der Waals surface area contributed by atoms with E-state index in [1.807, 2.05) is 0 Å². The first-order valence-corrected chi connectivity index (χ1v) is 8.14. The molecule has 6 nitrogen and oxygen atoms in total. The molecule has 1 aromatic carbocycles. The predicted molar refractivity (Wildman–Crippen MR) is 84.9 cm³/mol. The maximum atomic E-state index is 12.7. The Morgan fingerprint density at radius 1 is 1.30 bits per heavy atom. The number of benzene rings is 1. The predicted octanol–water partition coefficient (Wildman–Crippen LogP) is 2.39. The van der Waals surface area contributed by atoms with E-state index in [0.717, 1.165) is 0 Å². The second-order valence-corrected chi connectivity index (χ2v) is 6.19. The molecule has 1 saturated heterocycles. The van der Waals surface area contributed by atoms with E-state index < -0.39 is 36.8 Å². The third-order valence-corrected chi connectivity index (χ3v) is 4.30. The molecule has 1 aromatic heterocycles. The van der Waals surface area contributed by atoms with Gasteiger partial charge in [-0.25, -0.2) is 13.6 Å². The van der Waals surface area contributed by atoms with Gasteiger partial charge in [0.1, 0.15) is 12.6 Å². The Hall–Kier alpha value is -2.43. The highest BCUT2D eigenvalue weighted by molar-refractivity contribution is 5.97. The van der Waals surface area contributed by atoms with Gasteiger partial charge in [0.05, 0.1) is 17.6 Å². The molecule has 2 aromatic rings. The molecule has 27 heavy (non-hydrogen) atoms. The van der Waals surface area contributed by atoms with Crippen LogP contribution in [0.3, 0.4) is 0 Å². The SMILES string of the molecule is O=C(c1ccc2c(c1)[nH]c(=O)n2CC(F)(F)F)N1CCOC(C(F)F)CC1. The summed E-state index contributed by atoms with van der Waals surface area (Å²) in [7, 11) is 0. The van der Waals surface area contributed by atoms with Crippen molar-refractivity contribution < 1.29 is 31.5 Å². The lowest BCUT2D eigenvalue weighted by atomic mass is 10.1. The first kappa shape index (κ1) is 19.3. The van der Waals surface area contributed by atoms with Crippen molar-refractivity contribution in [1.82, 2.24) is 14.5 Å². The van der Waals surface area contributed by atoms with Crippen LogP contribution in [0.15, 0.2) is 23.0 Å². The molecule has 0 spiro atoms. The van der Waals surface area contributed by atoms with Crippen LogP contribution in [0.2, 0.25) is 0 Å². The van der Waals surface area contributed by atoms with E-state index >= 15 is 0 Å². The molecule has 148 valence electrons. The summed E-state index contributed by atoms with van der Waals surface area (Å²) in [6, 6.07) is 3.84. The number of halogens is 5. The fraction of sp³-hybridized carbons (Fsp3) is 0.500. The molecule has 3 rings (SSSR count). The van der Waals surface area contributed by atoms with Gasteiger partial charge < -0.3 is 14.6 Å². The Balaban J connectivity index is 1.83. The molecular weight excluding hydrogens is 377 g/mol. The number of nitrogens with one attached hydrogen (secondary N) is 1. The number of hydrogen-bond donors (Lipinski definition) is 1. The number of rotatable bonds is 3. The minimum Gasteiger partial charge on any atom is -0.370 e. The maximum Gasteiger partial charge on any atom is 0.406 e. The van der Waals surface area contributed by atoms with Crippen LogP contribution in [0, 0.1) is 0 Å². The molecule has 1 unspecified atom stereocenters. The second-order valence-electron chi connectivity index (χ2n) is 6.19. The zero-order valence-electron chi connectivity index (χ0n) is 13.9. The van der Waals surface area contributed by atoms with Crippen LogP contribution >= 0.6 is 0 Å². The van der Waals surface area contributed by atoms with Gasteiger partial charge in [-0.05, 0) is 24.6 Å². The van der Waals surface area contributed by atoms with Crippen molar-refractivity contribution >= 4 is 16.9 Å². The number of H-pyrrole nitrogens is 1. The molecule has 0 radical (unpaired) electrons. The van der Waals surface area contributed by atoms with E-state index in [4.69, 9.17) is 4.74 Å². The van der Waals surface area contributed by atoms with Crippen molar-refractivity contribution in [1.29, 1.82) is 0 Å². The van der Waals surface area contributed by atoms with E-state index in [2.05, 4.69) is 4.98 Å². The standard InChI is InChI=1S/C16H16F5N3O3/c17-13(18)12-3-4-23(5-6-27-12)14(25)9-1-2-11-10(7-9)22-15(26)24(11)8-16(19,20)21/h1-2,7,12-13H,3-6,8H2,(H,22,26). The number of aromatic nitrogens is 2. The molecule has 11 heteroatoms. The molecule has 1 atom stereocenters. The average Bonchev–Trinajstić information content (AvgIpc) is 2.77. The second kappa shape index (κ2) is 7.29. The van der Waals surface area contributed by atoms with Crippen LogP contribution < -0.4 is 5.69 Å². The third-order valence-electron chi connectivity index (χ3n) is 4.30. The summed E-state index contributed by atoms with van der Waals surface area (Å²) in [6.45, 7) is -1.30. The lowest BCUT2D eigenvalue weighted by Crippen LogP contribution is -2.33. The zero-order chi connectivity index (χ0) is 19.8. The number of aromatic amines is 1. The largest absolute Gasteiger partial charge is 0.406 e. The normalized spacial score (nSPS) is 18.9. The van der Waals surface area contributed by atoms with E-state index in [9.17, 15) is 31.5 Å². The van der Waals surface area contributed by atoms with Gasteiger partial charge in [-0.15, -0.1) is 0 Å². The summed E-state index contributed by atoms with van der Waals surface area (Å²) < 4.78 is 68.8. The van der Waals surface area contributed by atoms with Crippen molar-refractivity contribution in [3.8, 4) is 0 Å². The highest BCUT2D eigenvalue weighted by Gasteiger charge is 2.30. The quantitative estimate of drug-likeness (QED) is 0.815. The smallest absolute Gasteiger partial charge is 0.370 e. The Morgan fingerprint density at radius 2 is 2.04 bits per heavy atom. The van der Waals surface area contributed by atoms with Gasteiger partial charge >= 0.3 is 11.9 Å². The molecule has 1 N–H and O–H groups in total. The Kier molecular flexibility index (Phi) is 5.22. The molecule has 0 saturated carbocycles. The monoisotopic (exact) mass is 393 g/mol. The van der Waals surface area contributed by atoms with Crippen LogP contribution in [0.1, 0.15) is 16.8 Å². The van der Waals surface area contributed by atoms with Gasteiger partial charge in [-0.2, -0.15) is 13.2 Å². The number of imidazole rings is 1. The summed E-state index contributed by atoms with van der Waals surface area (Å²) in [6.07, 6.45) is -8.47. The van der Waals surface area contributed by atoms with Gasteiger partial charge in [-0.1, -0.05) is 0 Å². The highest BCUT2D eigenvalue weighted by atomic mass is 19.4. The van der Waals surface area contributed by atoms with E-state index in [1.165, 1.54) is 23.1 Å². The summed E-state index contributed by atoms with van der Waals surface area (Å²) in [5.74, 6) is -0.472. The molecule has 0 bridgehead atoms. The number of nitrogens with zero attached hydrogens (tertiary/aromatic N) is 2. The Labute approximate surface area is 149 Å². The zero-order valence-corrected chi connectivity index (χ0v) is 13.9. The van der Waals surface area contributed by atoms with Crippen molar-refractivity contribution in [2.75, 3.05) is 19.7 Å². The maximum absolute atomic E-state index is 12.7. The van der Waals surface area contributed by atoms with E-state index in [1.54, 1.807) is 0 Å². The van der Waals surface area contributed by atoms with Gasteiger partial charge in [0.15, 0.2) is 0 Å². The molecule has 1 aliphatic heterocycles. The molecule has 1 amide bonds. The van der Waals surface area contributed by atoms with Gasteiger partial charge in [0.25, 0.3) is 12.3 Å². The first-order chi connectivity index (χ1) is 12.7. The highest BCUT2D eigenvalue weighted by Crippen LogP contribution is 2.21. The lowest BCUT2D eigenvalue weighted by Gasteiger charge is -2.20.